The Bertz CT molecular complexity index is 566. The van der Waals surface area contributed by atoms with Crippen molar-refractivity contribution in [1.82, 2.24) is 4.31 Å². The average Bonchev–Trinajstić information content (AvgIpc) is 2.88. The van der Waals surface area contributed by atoms with Crippen LogP contribution in [0.15, 0.2) is 29.2 Å². The van der Waals surface area contributed by atoms with Crippen molar-refractivity contribution in [2.45, 2.75) is 30.7 Å². The third-order valence-electron chi connectivity index (χ3n) is 3.19. The number of carbonyl (C=O) groups excluding carboxylic acids is 1. The maximum Gasteiger partial charge on any atom is 0.360 e. The molecule has 1 saturated heterocycles. The van der Waals surface area contributed by atoms with Crippen molar-refractivity contribution < 1.29 is 23.4 Å². The Morgan fingerprint density at radius 2 is 2.00 bits per heavy atom. The van der Waals surface area contributed by atoms with Crippen molar-refractivity contribution in [3.63, 3.8) is 0 Å². The van der Waals surface area contributed by atoms with Crippen molar-refractivity contribution in [2.24, 2.45) is 0 Å². The van der Waals surface area contributed by atoms with Crippen LogP contribution in [0.5, 0.6) is 0 Å². The molecule has 1 heterocycles. The van der Waals surface area contributed by atoms with Gasteiger partial charge in [0.25, 0.3) is 0 Å². The van der Waals surface area contributed by atoms with Gasteiger partial charge in [0.2, 0.25) is 10.0 Å². The number of hydrogen-bond acceptors (Lipinski definition) is 5. The number of hydrogen-bond donors (Lipinski definition) is 1. The van der Waals surface area contributed by atoms with Gasteiger partial charge in [-0.05, 0) is 31.9 Å². The lowest BCUT2D eigenvalue weighted by molar-refractivity contribution is -0.237. The zero-order valence-corrected chi connectivity index (χ0v) is 11.3. The highest BCUT2D eigenvalue weighted by molar-refractivity contribution is 7.89. The summed E-state index contributed by atoms with van der Waals surface area (Å²) in [6, 6.07) is 5.45. The van der Waals surface area contributed by atoms with E-state index in [1.54, 1.807) is 12.1 Å². The van der Waals surface area contributed by atoms with Crippen LogP contribution in [0.3, 0.4) is 0 Å². The van der Waals surface area contributed by atoms with Gasteiger partial charge in [-0.1, -0.05) is 17.7 Å². The monoisotopic (exact) mass is 285 g/mol. The van der Waals surface area contributed by atoms with Crippen LogP contribution in [0.25, 0.3) is 0 Å². The summed E-state index contributed by atoms with van der Waals surface area (Å²) in [5.74, 6) is -0.937. The van der Waals surface area contributed by atoms with Crippen LogP contribution in [0.4, 0.5) is 0 Å². The molecule has 1 fully saturated rings. The number of aryl methyl sites for hydroxylation is 1. The zero-order chi connectivity index (χ0) is 14.0. The minimum atomic E-state index is -3.74. The largest absolute Gasteiger partial charge is 0.360 e. The summed E-state index contributed by atoms with van der Waals surface area (Å²) in [5, 5.41) is 8.41. The first-order valence-corrected chi connectivity index (χ1v) is 7.34. The lowest BCUT2D eigenvalue weighted by Crippen LogP contribution is -2.41. The second kappa shape index (κ2) is 5.28. The molecule has 1 aromatic rings. The van der Waals surface area contributed by atoms with Gasteiger partial charge < -0.3 is 0 Å². The van der Waals surface area contributed by atoms with Gasteiger partial charge in [-0.2, -0.15) is 9.56 Å². The second-order valence-electron chi connectivity index (χ2n) is 4.50. The van der Waals surface area contributed by atoms with Crippen LogP contribution in [-0.2, 0) is 19.7 Å². The van der Waals surface area contributed by atoms with Gasteiger partial charge in [0.05, 0.1) is 4.90 Å². The molecular weight excluding hydrogens is 270 g/mol. The Kier molecular flexibility index (Phi) is 3.88. The molecule has 1 aliphatic rings. The predicted octanol–water partition coefficient (Wildman–Crippen LogP) is 1.16. The predicted molar refractivity (Wildman–Crippen MR) is 66.8 cm³/mol. The summed E-state index contributed by atoms with van der Waals surface area (Å²) in [6.45, 7) is 2.11. The molecule has 1 aliphatic heterocycles. The highest BCUT2D eigenvalue weighted by Crippen LogP contribution is 2.26. The van der Waals surface area contributed by atoms with Crippen LogP contribution in [0.2, 0.25) is 0 Å². The molecule has 1 atom stereocenters. The van der Waals surface area contributed by atoms with Gasteiger partial charge in [0.15, 0.2) is 0 Å². The number of carbonyl (C=O) groups is 1. The molecule has 0 spiro atoms. The number of nitrogens with zero attached hydrogens (tertiary/aromatic N) is 1. The van der Waals surface area contributed by atoms with E-state index in [9.17, 15) is 13.2 Å². The molecule has 0 unspecified atom stereocenters. The Labute approximate surface area is 111 Å². The van der Waals surface area contributed by atoms with Crippen LogP contribution >= 0.6 is 0 Å². The van der Waals surface area contributed by atoms with Crippen molar-refractivity contribution in [2.75, 3.05) is 6.54 Å². The fourth-order valence-electron chi connectivity index (χ4n) is 2.17. The van der Waals surface area contributed by atoms with Crippen molar-refractivity contribution >= 4 is 16.0 Å². The quantitative estimate of drug-likeness (QED) is 0.665. The van der Waals surface area contributed by atoms with E-state index in [-0.39, 0.29) is 11.4 Å². The summed E-state index contributed by atoms with van der Waals surface area (Å²) in [4.78, 5) is 15.2. The molecule has 104 valence electrons. The summed E-state index contributed by atoms with van der Waals surface area (Å²) in [5.41, 5.74) is 0.951. The minimum Gasteiger partial charge on any atom is -0.299 e. The number of benzene rings is 1. The second-order valence-corrected chi connectivity index (χ2v) is 6.39. The molecule has 1 N–H and O–H groups in total. The van der Waals surface area contributed by atoms with Gasteiger partial charge in [-0.3, -0.25) is 4.89 Å². The molecular formula is C12H15NO5S. The first kappa shape index (κ1) is 14.0. The summed E-state index contributed by atoms with van der Waals surface area (Å²) < 4.78 is 25.9. The normalized spacial score (nSPS) is 20.4. The topological polar surface area (TPSA) is 83.9 Å². The van der Waals surface area contributed by atoms with Crippen molar-refractivity contribution in [3.8, 4) is 0 Å². The molecule has 0 radical (unpaired) electrons. The van der Waals surface area contributed by atoms with Crippen LogP contribution in [0, 0.1) is 6.92 Å². The van der Waals surface area contributed by atoms with E-state index in [2.05, 4.69) is 4.89 Å². The van der Waals surface area contributed by atoms with Crippen molar-refractivity contribution in [1.29, 1.82) is 0 Å². The minimum absolute atomic E-state index is 0.135. The van der Waals surface area contributed by atoms with Gasteiger partial charge in [0.1, 0.15) is 6.04 Å². The molecule has 0 saturated carbocycles. The Hall–Kier alpha value is -1.44. The molecule has 0 bridgehead atoms. The molecule has 6 nitrogen and oxygen atoms in total. The van der Waals surface area contributed by atoms with E-state index < -0.39 is 22.0 Å². The SMILES string of the molecule is Cc1ccc(S(=O)(=O)N2CCC[C@H]2C(=O)OO)cc1. The van der Waals surface area contributed by atoms with E-state index in [4.69, 9.17) is 5.26 Å². The van der Waals surface area contributed by atoms with E-state index in [1.807, 2.05) is 6.92 Å². The Morgan fingerprint density at radius 3 is 2.58 bits per heavy atom. The highest BCUT2D eigenvalue weighted by atomic mass is 32.2. The van der Waals surface area contributed by atoms with E-state index in [1.165, 1.54) is 12.1 Å². The zero-order valence-electron chi connectivity index (χ0n) is 10.4. The first-order chi connectivity index (χ1) is 8.96. The highest BCUT2D eigenvalue weighted by Gasteiger charge is 2.40. The fraction of sp³-hybridized carbons (Fsp3) is 0.417. The van der Waals surface area contributed by atoms with Gasteiger partial charge >= 0.3 is 5.97 Å². The third-order valence-corrected chi connectivity index (χ3v) is 5.12. The summed E-state index contributed by atoms with van der Waals surface area (Å²) >= 11 is 0. The van der Waals surface area contributed by atoms with Crippen LogP contribution in [0.1, 0.15) is 18.4 Å². The third kappa shape index (κ3) is 2.63. The van der Waals surface area contributed by atoms with Crippen LogP contribution in [-0.4, -0.2) is 36.5 Å². The first-order valence-electron chi connectivity index (χ1n) is 5.90. The smallest absolute Gasteiger partial charge is 0.299 e. The lowest BCUT2D eigenvalue weighted by atomic mass is 10.2. The molecule has 0 aliphatic carbocycles. The van der Waals surface area contributed by atoms with Gasteiger partial charge in [-0.25, -0.2) is 13.2 Å². The molecule has 7 heteroatoms. The number of rotatable bonds is 3. The van der Waals surface area contributed by atoms with E-state index in [0.29, 0.717) is 12.8 Å². The van der Waals surface area contributed by atoms with Crippen molar-refractivity contribution in [3.05, 3.63) is 29.8 Å². The molecule has 0 aromatic heterocycles. The summed E-state index contributed by atoms with van der Waals surface area (Å²) in [6.07, 6.45) is 0.912. The molecule has 19 heavy (non-hydrogen) atoms. The Balaban J connectivity index is 2.33. The standard InChI is InChI=1S/C12H15NO5S/c1-9-4-6-10(7-5-9)19(16,17)13-8-2-3-11(13)12(14)18-15/h4-7,11,15H,2-3,8H2,1H3/t11-/m0/s1. The number of sulfonamides is 1. The Morgan fingerprint density at radius 1 is 1.37 bits per heavy atom. The fourth-order valence-corrected chi connectivity index (χ4v) is 3.82. The molecule has 1 aromatic carbocycles. The van der Waals surface area contributed by atoms with Gasteiger partial charge in [0, 0.05) is 6.54 Å². The van der Waals surface area contributed by atoms with Gasteiger partial charge in [-0.15, -0.1) is 0 Å². The van der Waals surface area contributed by atoms with E-state index in [0.717, 1.165) is 9.87 Å². The molecule has 0 amide bonds. The van der Waals surface area contributed by atoms with E-state index >= 15 is 0 Å². The maximum absolute atomic E-state index is 12.4. The summed E-state index contributed by atoms with van der Waals surface area (Å²) in [7, 11) is -3.74. The average molecular weight is 285 g/mol. The molecule has 2 rings (SSSR count). The van der Waals surface area contributed by atoms with Crippen LogP contribution < -0.4 is 0 Å². The maximum atomic E-state index is 12.4. The lowest BCUT2D eigenvalue weighted by Gasteiger charge is -2.21.